The zero-order chi connectivity index (χ0) is 14.8. The molecule has 0 spiro atoms. The molecule has 1 N–H and O–H groups in total. The van der Waals surface area contributed by atoms with Gasteiger partial charge >= 0.3 is 5.97 Å². The zero-order valence-electron chi connectivity index (χ0n) is 10.7. The normalized spacial score (nSPS) is 10.7. The molecule has 2 aromatic carbocycles. The SMILES string of the molecule is O=C(O)COc1cccc(-c2nc3ccc(Br)cc3o2)c1. The molecule has 6 heteroatoms. The quantitative estimate of drug-likeness (QED) is 0.778. The predicted octanol–water partition coefficient (Wildman–Crippen LogP) is 3.72. The summed E-state index contributed by atoms with van der Waals surface area (Å²) in [6.45, 7) is -0.385. The van der Waals surface area contributed by atoms with E-state index in [0.29, 0.717) is 17.2 Å². The standard InChI is InChI=1S/C15H10BrNO4/c16-10-4-5-12-13(7-10)21-15(17-12)9-2-1-3-11(6-9)20-8-14(18)19/h1-7H,8H2,(H,18,19). The maximum Gasteiger partial charge on any atom is 0.341 e. The number of hydrogen-bond acceptors (Lipinski definition) is 4. The molecule has 3 aromatic rings. The first-order chi connectivity index (χ1) is 10.1. The number of carbonyl (C=O) groups is 1. The van der Waals surface area contributed by atoms with E-state index in [2.05, 4.69) is 20.9 Å². The lowest BCUT2D eigenvalue weighted by Gasteiger charge is -2.03. The van der Waals surface area contributed by atoms with Gasteiger partial charge in [-0.15, -0.1) is 0 Å². The second kappa shape index (κ2) is 5.57. The van der Waals surface area contributed by atoms with Gasteiger partial charge in [-0.3, -0.25) is 0 Å². The molecule has 3 rings (SSSR count). The van der Waals surface area contributed by atoms with Crippen molar-refractivity contribution in [3.05, 3.63) is 46.9 Å². The van der Waals surface area contributed by atoms with Crippen LogP contribution in [0.25, 0.3) is 22.6 Å². The van der Waals surface area contributed by atoms with Crippen LogP contribution in [0.3, 0.4) is 0 Å². The van der Waals surface area contributed by atoms with E-state index in [-0.39, 0.29) is 6.61 Å². The molecular formula is C15H10BrNO4. The Morgan fingerprint density at radius 1 is 1.29 bits per heavy atom. The van der Waals surface area contributed by atoms with Gasteiger partial charge in [-0.25, -0.2) is 9.78 Å². The lowest BCUT2D eigenvalue weighted by Crippen LogP contribution is -2.09. The van der Waals surface area contributed by atoms with E-state index >= 15 is 0 Å². The molecular weight excluding hydrogens is 338 g/mol. The van der Waals surface area contributed by atoms with Crippen LogP contribution in [0.1, 0.15) is 0 Å². The van der Waals surface area contributed by atoms with Crippen LogP contribution in [0.5, 0.6) is 5.75 Å². The summed E-state index contributed by atoms with van der Waals surface area (Å²) in [4.78, 5) is 14.9. The van der Waals surface area contributed by atoms with Gasteiger partial charge in [-0.2, -0.15) is 0 Å². The highest BCUT2D eigenvalue weighted by atomic mass is 79.9. The Morgan fingerprint density at radius 2 is 2.14 bits per heavy atom. The summed E-state index contributed by atoms with van der Waals surface area (Å²) in [6.07, 6.45) is 0. The van der Waals surface area contributed by atoms with E-state index in [1.54, 1.807) is 18.2 Å². The molecule has 0 saturated heterocycles. The lowest BCUT2D eigenvalue weighted by molar-refractivity contribution is -0.139. The van der Waals surface area contributed by atoms with E-state index in [1.165, 1.54) is 0 Å². The molecule has 5 nitrogen and oxygen atoms in total. The minimum Gasteiger partial charge on any atom is -0.482 e. The Labute approximate surface area is 128 Å². The Bertz CT molecular complexity index is 812. The van der Waals surface area contributed by atoms with Gasteiger partial charge in [0.2, 0.25) is 5.89 Å². The number of rotatable bonds is 4. The van der Waals surface area contributed by atoms with Crippen molar-refractivity contribution in [1.29, 1.82) is 0 Å². The molecule has 106 valence electrons. The number of carboxylic acids is 1. The Balaban J connectivity index is 1.94. The number of ether oxygens (including phenoxy) is 1. The number of aliphatic carboxylic acids is 1. The summed E-state index contributed by atoms with van der Waals surface area (Å²) in [7, 11) is 0. The van der Waals surface area contributed by atoms with E-state index in [4.69, 9.17) is 14.3 Å². The molecule has 1 aromatic heterocycles. The average molecular weight is 348 g/mol. The van der Waals surface area contributed by atoms with E-state index < -0.39 is 5.97 Å². The van der Waals surface area contributed by atoms with Gasteiger partial charge in [0.15, 0.2) is 12.2 Å². The van der Waals surface area contributed by atoms with Gasteiger partial charge in [0, 0.05) is 10.0 Å². The van der Waals surface area contributed by atoms with Crippen molar-refractivity contribution in [3.63, 3.8) is 0 Å². The summed E-state index contributed by atoms with van der Waals surface area (Å²) in [5, 5.41) is 8.62. The second-order valence-corrected chi connectivity index (χ2v) is 5.26. The Kier molecular flexibility index (Phi) is 3.62. The van der Waals surface area contributed by atoms with Gasteiger partial charge < -0.3 is 14.3 Å². The molecule has 0 amide bonds. The molecule has 0 bridgehead atoms. The van der Waals surface area contributed by atoms with Gasteiger partial charge in [-0.1, -0.05) is 22.0 Å². The molecule has 21 heavy (non-hydrogen) atoms. The van der Waals surface area contributed by atoms with Gasteiger partial charge in [0.25, 0.3) is 0 Å². The zero-order valence-corrected chi connectivity index (χ0v) is 12.3. The highest BCUT2D eigenvalue weighted by Crippen LogP contribution is 2.28. The van der Waals surface area contributed by atoms with E-state index in [0.717, 1.165) is 15.6 Å². The molecule has 0 radical (unpaired) electrons. The number of oxazole rings is 1. The molecule has 0 atom stereocenters. The highest BCUT2D eigenvalue weighted by molar-refractivity contribution is 9.10. The number of hydrogen-bond donors (Lipinski definition) is 1. The second-order valence-electron chi connectivity index (χ2n) is 4.34. The van der Waals surface area contributed by atoms with Crippen molar-refractivity contribution in [1.82, 2.24) is 4.98 Å². The fraction of sp³-hybridized carbons (Fsp3) is 0.0667. The van der Waals surface area contributed by atoms with E-state index in [9.17, 15) is 4.79 Å². The van der Waals surface area contributed by atoms with Crippen LogP contribution in [0.4, 0.5) is 0 Å². The minimum absolute atomic E-state index is 0.385. The van der Waals surface area contributed by atoms with E-state index in [1.807, 2.05) is 24.3 Å². The first-order valence-electron chi connectivity index (χ1n) is 6.13. The summed E-state index contributed by atoms with van der Waals surface area (Å²) in [6, 6.07) is 12.6. The van der Waals surface area contributed by atoms with Gasteiger partial charge in [0.1, 0.15) is 11.3 Å². The molecule has 0 aliphatic rings. The Hall–Kier alpha value is -2.34. The summed E-state index contributed by atoms with van der Waals surface area (Å²) < 4.78 is 11.8. The number of fused-ring (bicyclic) bond motifs is 1. The largest absolute Gasteiger partial charge is 0.482 e. The number of benzene rings is 2. The van der Waals surface area contributed by atoms with Crippen LogP contribution >= 0.6 is 15.9 Å². The van der Waals surface area contributed by atoms with Gasteiger partial charge in [0.05, 0.1) is 0 Å². The van der Waals surface area contributed by atoms with Crippen LogP contribution in [0.2, 0.25) is 0 Å². The topological polar surface area (TPSA) is 72.6 Å². The number of aromatic nitrogens is 1. The van der Waals surface area contributed by atoms with Crippen molar-refractivity contribution in [2.24, 2.45) is 0 Å². The summed E-state index contributed by atoms with van der Waals surface area (Å²) in [5.74, 6) is -0.102. The van der Waals surface area contributed by atoms with Gasteiger partial charge in [-0.05, 0) is 36.4 Å². The molecule has 0 aliphatic carbocycles. The maximum absolute atomic E-state index is 10.5. The number of carboxylic acid groups (broad SMARTS) is 1. The smallest absolute Gasteiger partial charge is 0.341 e. The summed E-state index contributed by atoms with van der Waals surface area (Å²) >= 11 is 3.38. The monoisotopic (exact) mass is 347 g/mol. The third-order valence-corrected chi connectivity index (χ3v) is 3.29. The third-order valence-electron chi connectivity index (χ3n) is 2.79. The predicted molar refractivity (Wildman–Crippen MR) is 80.3 cm³/mol. The molecule has 0 aliphatic heterocycles. The van der Waals surface area contributed by atoms with Crippen molar-refractivity contribution >= 4 is 33.0 Å². The van der Waals surface area contributed by atoms with Crippen LogP contribution in [0, 0.1) is 0 Å². The first-order valence-corrected chi connectivity index (χ1v) is 6.92. The van der Waals surface area contributed by atoms with Crippen molar-refractivity contribution in [2.75, 3.05) is 6.61 Å². The molecule has 0 saturated carbocycles. The minimum atomic E-state index is -1.02. The Morgan fingerprint density at radius 3 is 2.95 bits per heavy atom. The first kappa shape index (κ1) is 13.6. The van der Waals surface area contributed by atoms with Crippen LogP contribution < -0.4 is 4.74 Å². The molecule has 0 fully saturated rings. The number of halogens is 1. The van der Waals surface area contributed by atoms with Crippen molar-refractivity contribution in [2.45, 2.75) is 0 Å². The van der Waals surface area contributed by atoms with Crippen LogP contribution in [-0.2, 0) is 4.79 Å². The molecule has 1 heterocycles. The molecule has 0 unspecified atom stereocenters. The van der Waals surface area contributed by atoms with Crippen molar-refractivity contribution < 1.29 is 19.1 Å². The van der Waals surface area contributed by atoms with Crippen LogP contribution in [-0.4, -0.2) is 22.7 Å². The number of nitrogens with zero attached hydrogens (tertiary/aromatic N) is 1. The fourth-order valence-corrected chi connectivity index (χ4v) is 2.23. The average Bonchev–Trinajstić information content (AvgIpc) is 2.88. The fourth-order valence-electron chi connectivity index (χ4n) is 1.89. The summed E-state index contributed by atoms with van der Waals surface area (Å²) in [5.41, 5.74) is 2.16. The van der Waals surface area contributed by atoms with Crippen molar-refractivity contribution in [3.8, 4) is 17.2 Å². The van der Waals surface area contributed by atoms with Crippen LogP contribution in [0.15, 0.2) is 51.4 Å². The maximum atomic E-state index is 10.5. The highest BCUT2D eigenvalue weighted by Gasteiger charge is 2.09. The lowest BCUT2D eigenvalue weighted by atomic mass is 10.2. The third kappa shape index (κ3) is 3.05.